The number of rotatable bonds is 5. The lowest BCUT2D eigenvalue weighted by Gasteiger charge is -2.29. The van der Waals surface area contributed by atoms with Crippen LogP contribution in [0.3, 0.4) is 0 Å². The molecule has 10 heteroatoms. The number of hydrogen-bond acceptors (Lipinski definition) is 7. The second-order valence-corrected chi connectivity index (χ2v) is 8.83. The molecule has 184 valence electrons. The molecule has 1 aliphatic rings. The molecule has 5 aromatic rings. The molecule has 1 amide bonds. The Labute approximate surface area is 212 Å². The zero-order valence-electron chi connectivity index (χ0n) is 20.3. The maximum atomic E-state index is 13.5. The molecular formula is C27H23N7O3. The summed E-state index contributed by atoms with van der Waals surface area (Å²) in [5.74, 6) is 0.260. The molecule has 0 saturated heterocycles. The Morgan fingerprint density at radius 3 is 2.76 bits per heavy atom. The van der Waals surface area contributed by atoms with Gasteiger partial charge in [-0.2, -0.15) is 5.10 Å². The molecule has 1 N–H and O–H groups in total. The maximum absolute atomic E-state index is 13.5. The van der Waals surface area contributed by atoms with E-state index in [4.69, 9.17) is 4.74 Å². The lowest BCUT2D eigenvalue weighted by Crippen LogP contribution is -2.40. The van der Waals surface area contributed by atoms with Crippen LogP contribution in [0.15, 0.2) is 61.4 Å². The highest BCUT2D eigenvalue weighted by atomic mass is 16.5. The molecule has 37 heavy (non-hydrogen) atoms. The predicted molar refractivity (Wildman–Crippen MR) is 135 cm³/mol. The van der Waals surface area contributed by atoms with Gasteiger partial charge >= 0.3 is 0 Å². The van der Waals surface area contributed by atoms with E-state index in [1.165, 1.54) is 29.7 Å². The van der Waals surface area contributed by atoms with Crippen LogP contribution in [-0.4, -0.2) is 60.0 Å². The Bertz CT molecular complexity index is 1660. The van der Waals surface area contributed by atoms with E-state index < -0.39 is 11.7 Å². The minimum absolute atomic E-state index is 0.229. The van der Waals surface area contributed by atoms with E-state index in [1.807, 2.05) is 30.5 Å². The molecule has 0 aliphatic carbocycles. The summed E-state index contributed by atoms with van der Waals surface area (Å²) >= 11 is 0. The summed E-state index contributed by atoms with van der Waals surface area (Å²) in [7, 11) is 1.50. The van der Waals surface area contributed by atoms with Crippen LogP contribution < -0.4 is 4.74 Å². The number of ketones is 1. The molecule has 10 nitrogen and oxygen atoms in total. The van der Waals surface area contributed by atoms with Gasteiger partial charge in [-0.1, -0.05) is 24.3 Å². The van der Waals surface area contributed by atoms with Crippen LogP contribution in [0.1, 0.15) is 27.3 Å². The highest BCUT2D eigenvalue weighted by molar-refractivity contribution is 6.45. The van der Waals surface area contributed by atoms with Gasteiger partial charge in [-0.05, 0) is 36.1 Å². The number of Topliss-reactive ketones (excluding diaryl/α,β-unsaturated/α-hetero) is 1. The van der Waals surface area contributed by atoms with Crippen LogP contribution in [-0.2, 0) is 17.8 Å². The first-order valence-electron chi connectivity index (χ1n) is 11.8. The van der Waals surface area contributed by atoms with Crippen molar-refractivity contribution < 1.29 is 14.3 Å². The van der Waals surface area contributed by atoms with E-state index >= 15 is 0 Å². The van der Waals surface area contributed by atoms with E-state index in [2.05, 4.69) is 31.1 Å². The van der Waals surface area contributed by atoms with Crippen LogP contribution in [0.25, 0.3) is 27.8 Å². The number of pyridine rings is 2. The fraction of sp³-hybridized carbons (Fsp3) is 0.185. The van der Waals surface area contributed by atoms with Gasteiger partial charge in [-0.15, -0.1) is 0 Å². The average Bonchev–Trinajstić information content (AvgIpc) is 3.58. The van der Waals surface area contributed by atoms with Crippen molar-refractivity contribution >= 4 is 22.6 Å². The van der Waals surface area contributed by atoms with Gasteiger partial charge in [0.2, 0.25) is 0 Å². The summed E-state index contributed by atoms with van der Waals surface area (Å²) in [5.41, 5.74) is 5.11. The van der Waals surface area contributed by atoms with Gasteiger partial charge in [0.1, 0.15) is 17.9 Å². The van der Waals surface area contributed by atoms with E-state index in [0.717, 1.165) is 16.7 Å². The van der Waals surface area contributed by atoms with Crippen molar-refractivity contribution in [3.05, 3.63) is 84.0 Å². The Balaban J connectivity index is 1.32. The van der Waals surface area contributed by atoms with Crippen molar-refractivity contribution in [1.29, 1.82) is 0 Å². The first kappa shape index (κ1) is 22.6. The summed E-state index contributed by atoms with van der Waals surface area (Å²) in [5, 5.41) is 4.80. The number of methoxy groups -OCH3 is 1. The number of amides is 1. The summed E-state index contributed by atoms with van der Waals surface area (Å²) < 4.78 is 7.01. The predicted octanol–water partition coefficient (Wildman–Crippen LogP) is 3.29. The SMILES string of the molecule is COc1cnc(-n2cnc(C)n2)c2[nH]cc(C(=O)C(=O)N3CCc4c(cccc4-c4cccnc4)C3)c12. The molecule has 0 atom stereocenters. The van der Waals surface area contributed by atoms with Crippen molar-refractivity contribution in [2.24, 2.45) is 0 Å². The number of fused-ring (bicyclic) bond motifs is 2. The third kappa shape index (κ3) is 3.83. The van der Waals surface area contributed by atoms with Crippen molar-refractivity contribution in [3.8, 4) is 22.7 Å². The number of carbonyl (C=O) groups is 2. The van der Waals surface area contributed by atoms with Crippen molar-refractivity contribution in [3.63, 3.8) is 0 Å². The number of benzene rings is 1. The van der Waals surface area contributed by atoms with Gasteiger partial charge in [-0.25, -0.2) is 14.6 Å². The molecule has 5 heterocycles. The number of hydrogen-bond donors (Lipinski definition) is 1. The number of aromatic amines is 1. The Kier molecular flexibility index (Phi) is 5.48. The van der Waals surface area contributed by atoms with Gasteiger partial charge in [-0.3, -0.25) is 14.6 Å². The van der Waals surface area contributed by atoms with Gasteiger partial charge in [0.25, 0.3) is 11.7 Å². The third-order valence-corrected chi connectivity index (χ3v) is 6.66. The zero-order chi connectivity index (χ0) is 25.5. The highest BCUT2D eigenvalue weighted by Crippen LogP contribution is 2.33. The number of nitrogens with zero attached hydrogens (tertiary/aromatic N) is 6. The maximum Gasteiger partial charge on any atom is 0.295 e. The second kappa shape index (κ2) is 8.98. The van der Waals surface area contributed by atoms with Crippen LogP contribution in [0.4, 0.5) is 0 Å². The summed E-state index contributed by atoms with van der Waals surface area (Å²) in [6, 6.07) is 9.98. The van der Waals surface area contributed by atoms with Crippen molar-refractivity contribution in [1.82, 2.24) is 34.6 Å². The standard InChI is InChI=1S/C27H23N7O3/c1-16-31-15-34(32-16)26-24-23(22(37-2)13-30-26)21(12-29-24)25(35)27(36)33-10-8-20-18(14-33)5-3-7-19(20)17-6-4-9-28-11-17/h3-7,9,11-13,15,29H,8,10,14H2,1-2H3. The van der Waals surface area contributed by atoms with E-state index in [0.29, 0.717) is 47.8 Å². The van der Waals surface area contributed by atoms with Gasteiger partial charge in [0.15, 0.2) is 5.82 Å². The van der Waals surface area contributed by atoms with Crippen molar-refractivity contribution in [2.45, 2.75) is 19.9 Å². The van der Waals surface area contributed by atoms with Crippen molar-refractivity contribution in [2.75, 3.05) is 13.7 Å². The van der Waals surface area contributed by atoms with Gasteiger partial charge in [0.05, 0.1) is 29.8 Å². The number of nitrogens with one attached hydrogen (secondary N) is 1. The topological polar surface area (TPSA) is 119 Å². The number of aromatic nitrogens is 6. The van der Waals surface area contributed by atoms with E-state index in [-0.39, 0.29) is 5.56 Å². The quantitative estimate of drug-likeness (QED) is 0.295. The summed E-state index contributed by atoms with van der Waals surface area (Å²) in [4.78, 5) is 44.4. The lowest BCUT2D eigenvalue weighted by molar-refractivity contribution is -0.127. The van der Waals surface area contributed by atoms with Gasteiger partial charge in [0, 0.05) is 37.2 Å². The van der Waals surface area contributed by atoms with Crippen LogP contribution in [0.2, 0.25) is 0 Å². The molecule has 0 saturated carbocycles. The minimum Gasteiger partial charge on any atom is -0.494 e. The van der Waals surface area contributed by atoms with Gasteiger partial charge < -0.3 is 14.6 Å². The van der Waals surface area contributed by atoms with Crippen LogP contribution in [0.5, 0.6) is 5.75 Å². The molecule has 0 fully saturated rings. The molecule has 1 aliphatic heterocycles. The molecule has 1 aromatic carbocycles. The number of carbonyl (C=O) groups excluding carboxylic acids is 2. The normalized spacial score (nSPS) is 13.0. The zero-order valence-corrected chi connectivity index (χ0v) is 20.3. The Morgan fingerprint density at radius 2 is 2.00 bits per heavy atom. The summed E-state index contributed by atoms with van der Waals surface area (Å²) in [6.45, 7) is 2.58. The third-order valence-electron chi connectivity index (χ3n) is 6.66. The van der Waals surface area contributed by atoms with E-state index in [1.54, 1.807) is 24.3 Å². The number of aryl methyl sites for hydroxylation is 1. The fourth-order valence-corrected chi connectivity index (χ4v) is 4.89. The minimum atomic E-state index is -0.608. The number of ether oxygens (including phenoxy) is 1. The largest absolute Gasteiger partial charge is 0.494 e. The molecule has 0 radical (unpaired) electrons. The second-order valence-electron chi connectivity index (χ2n) is 8.83. The lowest BCUT2D eigenvalue weighted by atomic mass is 9.91. The molecular weight excluding hydrogens is 470 g/mol. The molecule has 0 spiro atoms. The fourth-order valence-electron chi connectivity index (χ4n) is 4.89. The smallest absolute Gasteiger partial charge is 0.295 e. The monoisotopic (exact) mass is 493 g/mol. The first-order chi connectivity index (χ1) is 18.0. The highest BCUT2D eigenvalue weighted by Gasteiger charge is 2.31. The molecule has 6 rings (SSSR count). The van der Waals surface area contributed by atoms with Crippen LogP contribution in [0, 0.1) is 6.92 Å². The molecule has 4 aromatic heterocycles. The van der Waals surface area contributed by atoms with Crippen LogP contribution >= 0.6 is 0 Å². The number of H-pyrrole nitrogens is 1. The molecule has 0 bridgehead atoms. The Hall–Kier alpha value is -4.86. The molecule has 0 unspecified atom stereocenters. The first-order valence-corrected chi connectivity index (χ1v) is 11.8. The summed E-state index contributed by atoms with van der Waals surface area (Å²) in [6.07, 6.45) is 8.82. The Morgan fingerprint density at radius 1 is 1.11 bits per heavy atom. The average molecular weight is 494 g/mol. The van der Waals surface area contributed by atoms with E-state index in [9.17, 15) is 9.59 Å².